The van der Waals surface area contributed by atoms with Crippen molar-refractivity contribution in [1.29, 1.82) is 0 Å². The first kappa shape index (κ1) is 20.0. The van der Waals surface area contributed by atoms with Gasteiger partial charge in [-0.2, -0.15) is 0 Å². The van der Waals surface area contributed by atoms with Crippen molar-refractivity contribution >= 4 is 16.9 Å². The summed E-state index contributed by atoms with van der Waals surface area (Å²) in [6, 6.07) is 10.5. The van der Waals surface area contributed by atoms with E-state index < -0.39 is 5.54 Å². The minimum atomic E-state index is -0.443. The van der Waals surface area contributed by atoms with Crippen LogP contribution in [-0.4, -0.2) is 60.5 Å². The molecule has 3 fully saturated rings. The van der Waals surface area contributed by atoms with Gasteiger partial charge in [0, 0.05) is 37.5 Å². The fourth-order valence-corrected chi connectivity index (χ4v) is 5.64. The van der Waals surface area contributed by atoms with E-state index in [1.54, 1.807) is 0 Å². The van der Waals surface area contributed by atoms with Crippen molar-refractivity contribution in [3.8, 4) is 0 Å². The van der Waals surface area contributed by atoms with Crippen molar-refractivity contribution in [1.82, 2.24) is 20.7 Å². The topological polar surface area (TPSA) is 86.8 Å². The first-order valence-electron chi connectivity index (χ1n) is 11.4. The van der Waals surface area contributed by atoms with E-state index in [0.717, 1.165) is 68.8 Å². The number of carbonyl (C=O) groups is 1. The largest absolute Gasteiger partial charge is 0.459 e. The lowest BCUT2D eigenvalue weighted by Crippen LogP contribution is -2.63. The number of carbonyl (C=O) groups excluding carboxylic acids is 1. The second-order valence-corrected chi connectivity index (χ2v) is 9.19. The van der Waals surface area contributed by atoms with Gasteiger partial charge in [-0.25, -0.2) is 5.43 Å². The number of primary amides is 1. The van der Waals surface area contributed by atoms with Gasteiger partial charge in [-0.3, -0.25) is 15.1 Å². The number of hydrogen-bond donors (Lipinski definition) is 3. The predicted molar refractivity (Wildman–Crippen MR) is 117 cm³/mol. The molecule has 2 unspecified atom stereocenters. The molecule has 7 nitrogen and oxygen atoms in total. The maximum Gasteiger partial charge on any atom is 0.238 e. The number of likely N-dealkylation sites (tertiary alicyclic amines) is 2. The van der Waals surface area contributed by atoms with Gasteiger partial charge in [0.2, 0.25) is 5.91 Å². The molecule has 4 heterocycles. The monoisotopic (exact) mass is 411 g/mol. The quantitative estimate of drug-likeness (QED) is 0.698. The SMILES string of the molecule is NC(=O)C1(N2CCCCC2)CCN(CC2CNNC2c2cc3ccccc3o2)CC1. The molecule has 3 aliphatic heterocycles. The van der Waals surface area contributed by atoms with Crippen LogP contribution in [0.15, 0.2) is 34.7 Å². The van der Waals surface area contributed by atoms with Crippen molar-refractivity contribution in [2.45, 2.75) is 43.7 Å². The molecule has 7 heteroatoms. The van der Waals surface area contributed by atoms with Gasteiger partial charge in [0.05, 0.1) is 6.04 Å². The van der Waals surface area contributed by atoms with Crippen LogP contribution >= 0.6 is 0 Å². The summed E-state index contributed by atoms with van der Waals surface area (Å²) >= 11 is 0. The molecule has 0 bridgehead atoms. The standard InChI is InChI=1S/C23H33N5O2/c24-22(29)23(28-10-4-1-5-11-28)8-12-27(13-9-23)16-18-15-25-26-21(18)20-14-17-6-2-3-7-19(17)30-20/h2-3,6-7,14,18,21,25-26H,1,4-5,8-13,15-16H2,(H2,24,29). The molecule has 1 aromatic heterocycles. The number of nitrogens with zero attached hydrogens (tertiary/aromatic N) is 2. The summed E-state index contributed by atoms with van der Waals surface area (Å²) in [6.45, 7) is 5.74. The summed E-state index contributed by atoms with van der Waals surface area (Å²) in [4.78, 5) is 17.4. The van der Waals surface area contributed by atoms with E-state index in [1.807, 2.05) is 18.2 Å². The Kier molecular flexibility index (Phi) is 5.54. The number of hydrogen-bond acceptors (Lipinski definition) is 6. The number of para-hydroxylation sites is 1. The molecule has 3 aliphatic rings. The summed E-state index contributed by atoms with van der Waals surface area (Å²) in [5, 5.41) is 1.14. The number of nitrogens with one attached hydrogen (secondary N) is 2. The van der Waals surface area contributed by atoms with Crippen LogP contribution in [0.1, 0.15) is 43.9 Å². The van der Waals surface area contributed by atoms with E-state index in [2.05, 4.69) is 32.8 Å². The zero-order chi connectivity index (χ0) is 20.6. The lowest BCUT2D eigenvalue weighted by molar-refractivity contribution is -0.135. The first-order chi connectivity index (χ1) is 14.7. The highest BCUT2D eigenvalue weighted by Crippen LogP contribution is 2.34. The third-order valence-electron chi connectivity index (χ3n) is 7.44. The zero-order valence-corrected chi connectivity index (χ0v) is 17.6. The van der Waals surface area contributed by atoms with Crippen LogP contribution in [0.4, 0.5) is 0 Å². The normalized spacial score (nSPS) is 28.1. The van der Waals surface area contributed by atoms with Crippen molar-refractivity contribution in [3.05, 3.63) is 36.1 Å². The number of amides is 1. The van der Waals surface area contributed by atoms with Crippen LogP contribution in [0.2, 0.25) is 0 Å². The number of hydrazine groups is 1. The summed E-state index contributed by atoms with van der Waals surface area (Å²) < 4.78 is 6.13. The van der Waals surface area contributed by atoms with Crippen LogP contribution in [0.3, 0.4) is 0 Å². The Morgan fingerprint density at radius 2 is 1.90 bits per heavy atom. The number of rotatable bonds is 5. The number of fused-ring (bicyclic) bond motifs is 1. The molecule has 5 rings (SSSR count). The lowest BCUT2D eigenvalue weighted by atomic mass is 9.83. The van der Waals surface area contributed by atoms with Gasteiger partial charge in [0.25, 0.3) is 0 Å². The molecule has 1 amide bonds. The fourth-order valence-electron chi connectivity index (χ4n) is 5.64. The van der Waals surface area contributed by atoms with E-state index in [9.17, 15) is 4.79 Å². The summed E-state index contributed by atoms with van der Waals surface area (Å²) in [5.74, 6) is 1.28. The summed E-state index contributed by atoms with van der Waals surface area (Å²) in [6.07, 6.45) is 5.30. The average molecular weight is 412 g/mol. The van der Waals surface area contributed by atoms with E-state index >= 15 is 0 Å². The smallest absolute Gasteiger partial charge is 0.238 e. The van der Waals surface area contributed by atoms with Crippen LogP contribution < -0.4 is 16.6 Å². The highest BCUT2D eigenvalue weighted by molar-refractivity contribution is 5.85. The molecular weight excluding hydrogens is 378 g/mol. The third-order valence-corrected chi connectivity index (χ3v) is 7.44. The Morgan fingerprint density at radius 3 is 2.63 bits per heavy atom. The molecular formula is C23H33N5O2. The Labute approximate surface area is 177 Å². The molecule has 0 radical (unpaired) electrons. The Bertz CT molecular complexity index is 850. The molecule has 1 aromatic carbocycles. The van der Waals surface area contributed by atoms with Gasteiger partial charge in [0.15, 0.2) is 0 Å². The van der Waals surface area contributed by atoms with Gasteiger partial charge in [-0.15, -0.1) is 0 Å². The van der Waals surface area contributed by atoms with Crippen molar-refractivity contribution < 1.29 is 9.21 Å². The summed E-state index contributed by atoms with van der Waals surface area (Å²) in [7, 11) is 0. The predicted octanol–water partition coefficient (Wildman–Crippen LogP) is 2.00. The number of benzene rings is 1. The minimum absolute atomic E-state index is 0.131. The first-order valence-corrected chi connectivity index (χ1v) is 11.4. The van der Waals surface area contributed by atoms with E-state index in [4.69, 9.17) is 10.2 Å². The Hall–Kier alpha value is -1.93. The fraction of sp³-hybridized carbons (Fsp3) is 0.609. The molecule has 3 saturated heterocycles. The molecule has 0 aliphatic carbocycles. The second kappa shape index (κ2) is 8.30. The van der Waals surface area contributed by atoms with Crippen LogP contribution in [0.25, 0.3) is 11.0 Å². The maximum atomic E-state index is 12.5. The van der Waals surface area contributed by atoms with Crippen molar-refractivity contribution in [2.24, 2.45) is 11.7 Å². The highest BCUT2D eigenvalue weighted by atomic mass is 16.3. The number of piperidine rings is 2. The lowest BCUT2D eigenvalue weighted by Gasteiger charge is -2.48. The number of furan rings is 1. The highest BCUT2D eigenvalue weighted by Gasteiger charge is 2.45. The van der Waals surface area contributed by atoms with E-state index in [-0.39, 0.29) is 11.9 Å². The van der Waals surface area contributed by atoms with Gasteiger partial charge in [0.1, 0.15) is 16.9 Å². The molecule has 4 N–H and O–H groups in total. The maximum absolute atomic E-state index is 12.5. The van der Waals surface area contributed by atoms with Gasteiger partial charge < -0.3 is 15.1 Å². The van der Waals surface area contributed by atoms with Gasteiger partial charge >= 0.3 is 0 Å². The molecule has 2 aromatic rings. The molecule has 0 spiro atoms. The average Bonchev–Trinajstić information content (AvgIpc) is 3.41. The molecule has 2 atom stereocenters. The van der Waals surface area contributed by atoms with E-state index in [1.165, 1.54) is 19.3 Å². The Balaban J connectivity index is 1.24. The van der Waals surface area contributed by atoms with Crippen LogP contribution in [0.5, 0.6) is 0 Å². The minimum Gasteiger partial charge on any atom is -0.459 e. The third kappa shape index (κ3) is 3.64. The van der Waals surface area contributed by atoms with Crippen LogP contribution in [-0.2, 0) is 4.79 Å². The molecule has 30 heavy (non-hydrogen) atoms. The van der Waals surface area contributed by atoms with Crippen LogP contribution in [0, 0.1) is 5.92 Å². The summed E-state index contributed by atoms with van der Waals surface area (Å²) in [5.41, 5.74) is 13.2. The van der Waals surface area contributed by atoms with Gasteiger partial charge in [-0.1, -0.05) is 24.6 Å². The molecule has 162 valence electrons. The zero-order valence-electron chi connectivity index (χ0n) is 17.6. The van der Waals surface area contributed by atoms with Gasteiger partial charge in [-0.05, 0) is 50.9 Å². The van der Waals surface area contributed by atoms with E-state index in [0.29, 0.717) is 5.92 Å². The number of nitrogens with two attached hydrogens (primary N) is 1. The van der Waals surface area contributed by atoms with Crippen molar-refractivity contribution in [3.63, 3.8) is 0 Å². The second-order valence-electron chi connectivity index (χ2n) is 9.19. The molecule has 0 saturated carbocycles. The Morgan fingerprint density at radius 1 is 1.13 bits per heavy atom. The van der Waals surface area contributed by atoms with Crippen molar-refractivity contribution in [2.75, 3.05) is 39.3 Å².